The molecule has 0 aliphatic heterocycles. The van der Waals surface area contributed by atoms with E-state index in [1.54, 1.807) is 7.05 Å². The van der Waals surface area contributed by atoms with Gasteiger partial charge in [0.25, 0.3) is 0 Å². The summed E-state index contributed by atoms with van der Waals surface area (Å²) in [6.07, 6.45) is 1.86. The van der Waals surface area contributed by atoms with E-state index in [2.05, 4.69) is 11.1 Å². The first-order chi connectivity index (χ1) is 9.63. The second-order valence-corrected chi connectivity index (χ2v) is 5.99. The summed E-state index contributed by atoms with van der Waals surface area (Å²) in [6, 6.07) is 14.0. The molecule has 3 nitrogen and oxygen atoms in total. The minimum Gasteiger partial charge on any atom is -0.505 e. The Morgan fingerprint density at radius 3 is 2.45 bits per heavy atom. The van der Waals surface area contributed by atoms with Crippen molar-refractivity contribution in [3.63, 3.8) is 0 Å². The number of hydrogen-bond donors (Lipinski definition) is 1. The quantitative estimate of drug-likeness (QED) is 0.690. The van der Waals surface area contributed by atoms with Gasteiger partial charge in [0.1, 0.15) is 5.75 Å². The lowest BCUT2D eigenvalue weighted by Gasteiger charge is -2.17. The van der Waals surface area contributed by atoms with Crippen LogP contribution in [0.5, 0.6) is 5.75 Å². The molecule has 0 aliphatic rings. The molecule has 0 aromatic heterocycles. The highest BCUT2D eigenvalue weighted by molar-refractivity contribution is 7.56. The van der Waals surface area contributed by atoms with Crippen LogP contribution >= 0.6 is 8.58 Å². The molecule has 0 saturated heterocycles. The Hall–Kier alpha value is -1.86. The zero-order valence-electron chi connectivity index (χ0n) is 12.0. The molecule has 1 N–H and O–H groups in total. The van der Waals surface area contributed by atoms with Crippen LogP contribution in [0.3, 0.4) is 0 Å². The minimum atomic E-state index is 0.360. The van der Waals surface area contributed by atoms with Crippen molar-refractivity contribution in [1.29, 1.82) is 0 Å². The summed E-state index contributed by atoms with van der Waals surface area (Å²) in [5.41, 5.74) is 1.94. The number of phenols is 1. The fraction of sp³-hybridized carbons (Fsp3) is 0.188. The van der Waals surface area contributed by atoms with Gasteiger partial charge in [-0.05, 0) is 16.9 Å². The average Bonchev–Trinajstić information content (AvgIpc) is 2.43. The Labute approximate surface area is 121 Å². The van der Waals surface area contributed by atoms with Gasteiger partial charge < -0.3 is 10.0 Å². The molecular weight excluding hydrogens is 267 g/mol. The molecule has 0 amide bonds. The van der Waals surface area contributed by atoms with Crippen molar-refractivity contribution < 1.29 is 5.11 Å². The highest BCUT2D eigenvalue weighted by atomic mass is 31.1. The Kier molecular flexibility index (Phi) is 4.75. The maximum atomic E-state index is 10.4. The van der Waals surface area contributed by atoms with Crippen LogP contribution in [0, 0.1) is 0 Å². The van der Waals surface area contributed by atoms with Crippen molar-refractivity contribution in [2.45, 2.75) is 0 Å². The molecule has 0 radical (unpaired) electrons. The molecule has 0 saturated carbocycles. The zero-order chi connectivity index (χ0) is 14.5. The number of rotatable bonds is 4. The molecule has 0 heterocycles. The lowest BCUT2D eigenvalue weighted by Crippen LogP contribution is -2.13. The fourth-order valence-electron chi connectivity index (χ4n) is 2.00. The van der Waals surface area contributed by atoms with Gasteiger partial charge >= 0.3 is 0 Å². The summed E-state index contributed by atoms with van der Waals surface area (Å²) in [7, 11) is 6.03. The average molecular weight is 286 g/mol. The largest absolute Gasteiger partial charge is 0.505 e. The van der Waals surface area contributed by atoms with Gasteiger partial charge in [0.05, 0.1) is 5.69 Å². The predicted octanol–water partition coefficient (Wildman–Crippen LogP) is 2.14. The van der Waals surface area contributed by atoms with Gasteiger partial charge in [-0.15, -0.1) is 0 Å². The highest BCUT2D eigenvalue weighted by Gasteiger charge is 2.10. The number of phenolic OH excluding ortho intramolecular Hbond substituents is 1. The third-order valence-corrected chi connectivity index (χ3v) is 4.39. The van der Waals surface area contributed by atoms with E-state index in [-0.39, 0.29) is 0 Å². The standard InChI is InChI=1S/C16H19N2OP/c1-17-11-12-7-4-5-9-14(12)20-15-10-6-8-13(16(15)19)18(2)3/h4-11,19-20H,1-3H3. The summed E-state index contributed by atoms with van der Waals surface area (Å²) in [6.45, 7) is 0. The van der Waals surface area contributed by atoms with E-state index in [0.717, 1.165) is 16.6 Å². The molecule has 20 heavy (non-hydrogen) atoms. The molecule has 4 heteroatoms. The third kappa shape index (κ3) is 3.17. The molecule has 2 aromatic carbocycles. The van der Waals surface area contributed by atoms with Crippen LogP contribution in [0.1, 0.15) is 5.56 Å². The Morgan fingerprint density at radius 2 is 1.75 bits per heavy atom. The van der Waals surface area contributed by atoms with Gasteiger partial charge in [-0.2, -0.15) is 0 Å². The molecule has 104 valence electrons. The smallest absolute Gasteiger partial charge is 0.146 e. The maximum absolute atomic E-state index is 10.4. The second kappa shape index (κ2) is 6.53. The summed E-state index contributed by atoms with van der Waals surface area (Å²) in [5, 5.41) is 12.5. The molecule has 2 rings (SSSR count). The monoisotopic (exact) mass is 286 g/mol. The van der Waals surface area contributed by atoms with E-state index in [1.165, 1.54) is 5.30 Å². The molecule has 0 aliphatic carbocycles. The summed E-state index contributed by atoms with van der Waals surface area (Å²) in [5.74, 6) is 0.360. The molecule has 0 spiro atoms. The molecule has 1 unspecified atom stereocenters. The van der Waals surface area contributed by atoms with Gasteiger partial charge in [0.15, 0.2) is 0 Å². The van der Waals surface area contributed by atoms with Crippen LogP contribution in [0.2, 0.25) is 0 Å². The van der Waals surface area contributed by atoms with Crippen molar-refractivity contribution >= 4 is 31.1 Å². The third-order valence-electron chi connectivity index (χ3n) is 2.99. The summed E-state index contributed by atoms with van der Waals surface area (Å²) < 4.78 is 0. The van der Waals surface area contributed by atoms with Crippen molar-refractivity contribution in [2.75, 3.05) is 26.0 Å². The minimum absolute atomic E-state index is 0.360. The second-order valence-electron chi connectivity index (χ2n) is 4.67. The number of nitrogens with zero attached hydrogens (tertiary/aromatic N) is 2. The molecule has 2 aromatic rings. The van der Waals surface area contributed by atoms with Crippen molar-refractivity contribution in [3.05, 3.63) is 48.0 Å². The van der Waals surface area contributed by atoms with Gasteiger partial charge in [0.2, 0.25) is 0 Å². The van der Waals surface area contributed by atoms with E-state index in [9.17, 15) is 5.11 Å². The van der Waals surface area contributed by atoms with Crippen molar-refractivity contribution in [1.82, 2.24) is 0 Å². The van der Waals surface area contributed by atoms with E-state index in [4.69, 9.17) is 0 Å². The molecule has 1 atom stereocenters. The number of para-hydroxylation sites is 1. The number of anilines is 1. The summed E-state index contributed by atoms with van der Waals surface area (Å²) >= 11 is 0. The van der Waals surface area contributed by atoms with Crippen LogP contribution in [-0.2, 0) is 0 Å². The SMILES string of the molecule is CN=Cc1ccccc1Pc1cccc(N(C)C)c1O. The highest BCUT2D eigenvalue weighted by Crippen LogP contribution is 2.28. The van der Waals surface area contributed by atoms with Crippen molar-refractivity contribution in [3.8, 4) is 5.75 Å². The van der Waals surface area contributed by atoms with Gasteiger partial charge in [-0.1, -0.05) is 45.0 Å². The number of aromatic hydroxyl groups is 1. The van der Waals surface area contributed by atoms with E-state index >= 15 is 0 Å². The first-order valence-electron chi connectivity index (χ1n) is 6.41. The van der Waals surface area contributed by atoms with Gasteiger partial charge in [-0.25, -0.2) is 0 Å². The Balaban J connectivity index is 2.38. The predicted molar refractivity (Wildman–Crippen MR) is 90.0 cm³/mol. The zero-order valence-corrected chi connectivity index (χ0v) is 13.0. The Bertz CT molecular complexity index is 624. The number of hydrogen-bond acceptors (Lipinski definition) is 3. The molecule has 0 fully saturated rings. The van der Waals surface area contributed by atoms with Crippen LogP contribution in [-0.4, -0.2) is 32.5 Å². The molecular formula is C16H19N2OP. The summed E-state index contributed by atoms with van der Waals surface area (Å²) in [4.78, 5) is 6.00. The van der Waals surface area contributed by atoms with E-state index in [1.807, 2.05) is 61.6 Å². The lowest BCUT2D eigenvalue weighted by atomic mass is 10.2. The maximum Gasteiger partial charge on any atom is 0.146 e. The van der Waals surface area contributed by atoms with Gasteiger partial charge in [-0.3, -0.25) is 4.99 Å². The van der Waals surface area contributed by atoms with Crippen LogP contribution < -0.4 is 15.5 Å². The van der Waals surface area contributed by atoms with Crippen LogP contribution in [0.15, 0.2) is 47.5 Å². The normalized spacial score (nSPS) is 11.6. The first kappa shape index (κ1) is 14.5. The first-order valence-corrected chi connectivity index (χ1v) is 7.41. The topological polar surface area (TPSA) is 35.8 Å². The van der Waals surface area contributed by atoms with Crippen molar-refractivity contribution in [2.24, 2.45) is 4.99 Å². The Morgan fingerprint density at radius 1 is 1.05 bits per heavy atom. The lowest BCUT2D eigenvalue weighted by molar-refractivity contribution is 0.480. The molecule has 0 bridgehead atoms. The fourth-order valence-corrected chi connectivity index (χ4v) is 3.19. The van der Waals surface area contributed by atoms with Crippen LogP contribution in [0.25, 0.3) is 0 Å². The van der Waals surface area contributed by atoms with Crippen LogP contribution in [0.4, 0.5) is 5.69 Å². The number of aliphatic imine (C=N–C) groups is 1. The number of benzene rings is 2. The van der Waals surface area contributed by atoms with E-state index in [0.29, 0.717) is 14.3 Å². The van der Waals surface area contributed by atoms with E-state index < -0.39 is 0 Å². The van der Waals surface area contributed by atoms with Gasteiger partial charge in [0, 0.05) is 32.7 Å².